The Hall–Kier alpha value is -1.86. The molecule has 0 aliphatic carbocycles. The summed E-state index contributed by atoms with van der Waals surface area (Å²) >= 11 is 0. The van der Waals surface area contributed by atoms with Gasteiger partial charge in [-0.1, -0.05) is 6.07 Å². The normalized spacial score (nSPS) is 13.0. The second-order valence-electron chi connectivity index (χ2n) is 4.24. The van der Waals surface area contributed by atoms with Crippen LogP contribution in [0.2, 0.25) is 0 Å². The molecule has 8 heteroatoms. The number of carboxylic acids is 1. The minimum atomic E-state index is -2.19. The van der Waals surface area contributed by atoms with Crippen LogP contribution in [0.5, 0.6) is 5.75 Å². The van der Waals surface area contributed by atoms with E-state index in [1.165, 1.54) is 19.1 Å². The number of esters is 1. The van der Waals surface area contributed by atoms with Crippen LogP contribution in [0.1, 0.15) is 34.5 Å². The molecule has 0 bridgehead atoms. The third-order valence-electron chi connectivity index (χ3n) is 2.70. The highest BCUT2D eigenvalue weighted by molar-refractivity contribution is 5.91. The zero-order chi connectivity index (χ0) is 15.4. The van der Waals surface area contributed by atoms with Crippen LogP contribution in [-0.2, 0) is 9.53 Å². The number of halogens is 2. The minimum absolute atomic E-state index is 0. The number of alkyl halides is 1. The molecule has 0 amide bonds. The van der Waals surface area contributed by atoms with Crippen molar-refractivity contribution in [3.05, 3.63) is 28.8 Å². The Bertz CT molecular complexity index is 538. The number of benzene rings is 1. The maximum Gasteiger partial charge on any atom is 0.342 e. The van der Waals surface area contributed by atoms with Gasteiger partial charge < -0.3 is 20.7 Å². The molecule has 1 aromatic rings. The summed E-state index contributed by atoms with van der Waals surface area (Å²) in [5.41, 5.74) is 5.51. The fourth-order valence-electron chi connectivity index (χ4n) is 1.75. The van der Waals surface area contributed by atoms with Gasteiger partial charge in [0.05, 0.1) is 12.6 Å². The van der Waals surface area contributed by atoms with Gasteiger partial charge >= 0.3 is 11.9 Å². The average Bonchev–Trinajstić information content (AvgIpc) is 2.39. The minimum Gasteiger partial charge on any atom is -0.507 e. The molecule has 0 radical (unpaired) electrons. The van der Waals surface area contributed by atoms with Crippen LogP contribution in [0.3, 0.4) is 0 Å². The van der Waals surface area contributed by atoms with Gasteiger partial charge in [0, 0.05) is 5.56 Å². The summed E-state index contributed by atoms with van der Waals surface area (Å²) in [5, 5.41) is 18.8. The van der Waals surface area contributed by atoms with Crippen LogP contribution in [0.15, 0.2) is 12.1 Å². The number of aromatic hydroxyl groups is 1. The van der Waals surface area contributed by atoms with E-state index in [-0.39, 0.29) is 24.6 Å². The standard InChI is InChI=1S/C13H16FNO5.ClH/c1-3-20-13(19)9(14)10(15)7-4-6(2)5-8(11(7)16)12(17)18;/h4-5,9-10,16H,3,15H2,1-2H3,(H,17,18);1H/t9?,10-;/m0./s1. The highest BCUT2D eigenvalue weighted by Crippen LogP contribution is 2.31. The topological polar surface area (TPSA) is 110 Å². The zero-order valence-corrected chi connectivity index (χ0v) is 12.3. The number of carbonyl (C=O) groups is 2. The highest BCUT2D eigenvalue weighted by atomic mass is 35.5. The second-order valence-corrected chi connectivity index (χ2v) is 4.24. The number of carbonyl (C=O) groups excluding carboxylic acids is 1. The van der Waals surface area contributed by atoms with Gasteiger partial charge in [0.2, 0.25) is 6.17 Å². The van der Waals surface area contributed by atoms with Crippen molar-refractivity contribution in [2.75, 3.05) is 6.61 Å². The quantitative estimate of drug-likeness (QED) is 0.712. The van der Waals surface area contributed by atoms with Crippen molar-refractivity contribution in [3.8, 4) is 5.75 Å². The van der Waals surface area contributed by atoms with Crippen molar-refractivity contribution in [1.29, 1.82) is 0 Å². The Morgan fingerprint density at radius 1 is 1.43 bits per heavy atom. The third-order valence-corrected chi connectivity index (χ3v) is 2.70. The number of hydrogen-bond acceptors (Lipinski definition) is 5. The lowest BCUT2D eigenvalue weighted by atomic mass is 9.96. The molecule has 0 saturated carbocycles. The molecule has 1 unspecified atom stereocenters. The van der Waals surface area contributed by atoms with E-state index in [1.54, 1.807) is 6.92 Å². The van der Waals surface area contributed by atoms with E-state index in [0.717, 1.165) is 0 Å². The van der Waals surface area contributed by atoms with Crippen LogP contribution in [0.25, 0.3) is 0 Å². The summed E-state index contributed by atoms with van der Waals surface area (Å²) in [6, 6.07) is 1.05. The Labute approximate surface area is 127 Å². The van der Waals surface area contributed by atoms with E-state index >= 15 is 0 Å². The fraction of sp³-hybridized carbons (Fsp3) is 0.385. The van der Waals surface area contributed by atoms with E-state index in [2.05, 4.69) is 4.74 Å². The number of carboxylic acid groups (broad SMARTS) is 1. The molecule has 0 spiro atoms. The van der Waals surface area contributed by atoms with Crippen LogP contribution >= 0.6 is 12.4 Å². The second kappa shape index (κ2) is 7.80. The van der Waals surface area contributed by atoms with E-state index in [0.29, 0.717) is 5.56 Å². The van der Waals surface area contributed by atoms with Gasteiger partial charge in [0.25, 0.3) is 0 Å². The molecule has 0 aliphatic rings. The first-order valence-corrected chi connectivity index (χ1v) is 5.92. The smallest absolute Gasteiger partial charge is 0.342 e. The van der Waals surface area contributed by atoms with Gasteiger partial charge in [-0.3, -0.25) is 0 Å². The van der Waals surface area contributed by atoms with Gasteiger partial charge in [-0.2, -0.15) is 0 Å². The lowest BCUT2D eigenvalue weighted by molar-refractivity contribution is -0.149. The molecule has 21 heavy (non-hydrogen) atoms. The van der Waals surface area contributed by atoms with Crippen molar-refractivity contribution in [3.63, 3.8) is 0 Å². The Kier molecular flexibility index (Phi) is 7.11. The average molecular weight is 322 g/mol. The molecular weight excluding hydrogens is 305 g/mol. The lowest BCUT2D eigenvalue weighted by Gasteiger charge is -2.18. The molecular formula is C13H17ClFNO5. The molecule has 0 aliphatic heterocycles. The first-order chi connectivity index (χ1) is 9.29. The number of aromatic carboxylic acids is 1. The van der Waals surface area contributed by atoms with Crippen molar-refractivity contribution in [1.82, 2.24) is 0 Å². The summed E-state index contributed by atoms with van der Waals surface area (Å²) in [4.78, 5) is 22.3. The summed E-state index contributed by atoms with van der Waals surface area (Å²) in [5.74, 6) is -3.17. The fourth-order valence-corrected chi connectivity index (χ4v) is 1.75. The Morgan fingerprint density at radius 2 is 2.00 bits per heavy atom. The SMILES string of the molecule is CCOC(=O)C(F)[C@@H](N)c1cc(C)cc(C(=O)O)c1O.Cl. The van der Waals surface area contributed by atoms with E-state index in [1.807, 2.05) is 0 Å². The maximum atomic E-state index is 13.8. The van der Waals surface area contributed by atoms with Crippen molar-refractivity contribution in [2.45, 2.75) is 26.1 Å². The summed E-state index contributed by atoms with van der Waals surface area (Å²) < 4.78 is 18.4. The molecule has 4 N–H and O–H groups in total. The van der Waals surface area contributed by atoms with Gasteiger partial charge in [-0.05, 0) is 25.5 Å². The van der Waals surface area contributed by atoms with Gasteiger partial charge in [0.1, 0.15) is 11.3 Å². The first kappa shape index (κ1) is 19.1. The van der Waals surface area contributed by atoms with Gasteiger partial charge in [-0.15, -0.1) is 12.4 Å². The molecule has 0 fully saturated rings. The number of rotatable bonds is 5. The molecule has 2 atom stereocenters. The largest absolute Gasteiger partial charge is 0.507 e. The molecule has 118 valence electrons. The van der Waals surface area contributed by atoms with Crippen molar-refractivity contribution in [2.24, 2.45) is 5.73 Å². The lowest BCUT2D eigenvalue weighted by Crippen LogP contribution is -2.31. The molecule has 0 aromatic heterocycles. The number of hydrogen-bond donors (Lipinski definition) is 3. The number of phenols is 1. The highest BCUT2D eigenvalue weighted by Gasteiger charge is 2.31. The Balaban J connectivity index is 0.00000400. The van der Waals surface area contributed by atoms with Crippen molar-refractivity contribution >= 4 is 24.3 Å². The first-order valence-electron chi connectivity index (χ1n) is 5.92. The molecule has 1 aromatic carbocycles. The van der Waals surface area contributed by atoms with Gasteiger partial charge in [-0.25, -0.2) is 14.0 Å². The predicted octanol–water partition coefficient (Wildman–Crippen LogP) is 1.72. The number of ether oxygens (including phenoxy) is 1. The molecule has 1 rings (SSSR count). The third kappa shape index (κ3) is 4.30. The van der Waals surface area contributed by atoms with Crippen LogP contribution in [-0.4, -0.2) is 34.9 Å². The van der Waals surface area contributed by atoms with Crippen LogP contribution < -0.4 is 5.73 Å². The van der Waals surface area contributed by atoms with Crippen LogP contribution in [0, 0.1) is 6.92 Å². The predicted molar refractivity (Wildman–Crippen MR) is 75.5 cm³/mol. The summed E-state index contributed by atoms with van der Waals surface area (Å²) in [7, 11) is 0. The molecule has 0 heterocycles. The maximum absolute atomic E-state index is 13.8. The molecule has 6 nitrogen and oxygen atoms in total. The monoisotopic (exact) mass is 321 g/mol. The van der Waals surface area contributed by atoms with Gasteiger partial charge in [0.15, 0.2) is 0 Å². The number of nitrogens with two attached hydrogens (primary N) is 1. The van der Waals surface area contributed by atoms with Crippen LogP contribution in [0.4, 0.5) is 4.39 Å². The zero-order valence-electron chi connectivity index (χ0n) is 11.5. The van der Waals surface area contributed by atoms with E-state index < -0.39 is 35.5 Å². The number of aryl methyl sites for hydroxylation is 1. The van der Waals surface area contributed by atoms with E-state index in [9.17, 15) is 19.1 Å². The van der Waals surface area contributed by atoms with E-state index in [4.69, 9.17) is 10.8 Å². The Morgan fingerprint density at radius 3 is 2.48 bits per heavy atom. The van der Waals surface area contributed by atoms with Crippen molar-refractivity contribution < 1.29 is 28.9 Å². The summed E-state index contributed by atoms with van der Waals surface area (Å²) in [6.45, 7) is 3.08. The molecule has 0 saturated heterocycles. The summed E-state index contributed by atoms with van der Waals surface area (Å²) in [6.07, 6.45) is -2.19.